The summed E-state index contributed by atoms with van der Waals surface area (Å²) >= 11 is 12.6. The van der Waals surface area contributed by atoms with Gasteiger partial charge in [-0.1, -0.05) is 55.2 Å². The number of methoxy groups -OCH3 is 2. The third-order valence-electron chi connectivity index (χ3n) is 7.02. The summed E-state index contributed by atoms with van der Waals surface area (Å²) < 4.78 is 39.9. The summed E-state index contributed by atoms with van der Waals surface area (Å²) in [5.41, 5.74) is 0.829. The van der Waals surface area contributed by atoms with Gasteiger partial charge in [-0.3, -0.25) is 13.9 Å². The van der Waals surface area contributed by atoms with Crippen LogP contribution in [0, 0.1) is 0 Å². The lowest BCUT2D eigenvalue weighted by Crippen LogP contribution is -2.53. The molecule has 2 atom stereocenters. The van der Waals surface area contributed by atoms with E-state index in [4.69, 9.17) is 32.7 Å². The molecule has 0 fully saturated rings. The van der Waals surface area contributed by atoms with E-state index >= 15 is 0 Å². The number of carbonyl (C=O) groups is 2. The minimum absolute atomic E-state index is 0.00416. The molecule has 0 aliphatic heterocycles. The Morgan fingerprint density at radius 1 is 0.907 bits per heavy atom. The predicted octanol–water partition coefficient (Wildman–Crippen LogP) is 5.93. The summed E-state index contributed by atoms with van der Waals surface area (Å²) in [5, 5.41) is 3.77. The second kappa shape index (κ2) is 15.3. The highest BCUT2D eigenvalue weighted by Crippen LogP contribution is 2.33. The summed E-state index contributed by atoms with van der Waals surface area (Å²) in [6, 6.07) is 16.3. The highest BCUT2D eigenvalue weighted by molar-refractivity contribution is 7.92. The Bertz CT molecular complexity index is 1520. The second-order valence-corrected chi connectivity index (χ2v) is 12.6. The normalized spacial score (nSPS) is 12.6. The van der Waals surface area contributed by atoms with Gasteiger partial charge in [0.2, 0.25) is 11.8 Å². The Balaban J connectivity index is 2.10. The number of rotatable bonds is 14. The third-order valence-corrected chi connectivity index (χ3v) is 9.41. The molecule has 9 nitrogen and oxygen atoms in total. The van der Waals surface area contributed by atoms with Crippen LogP contribution in [0.3, 0.4) is 0 Å². The van der Waals surface area contributed by atoms with Crippen molar-refractivity contribution in [2.75, 3.05) is 25.1 Å². The largest absolute Gasteiger partial charge is 0.493 e. The lowest BCUT2D eigenvalue weighted by molar-refractivity contribution is -0.140. The number of amides is 2. The van der Waals surface area contributed by atoms with Crippen LogP contribution in [-0.2, 0) is 26.2 Å². The molecule has 0 saturated carbocycles. The highest BCUT2D eigenvalue weighted by atomic mass is 35.5. The van der Waals surface area contributed by atoms with Crippen molar-refractivity contribution in [2.24, 2.45) is 0 Å². The molecule has 0 aliphatic carbocycles. The molecule has 0 aliphatic rings. The molecule has 0 aromatic heterocycles. The first-order valence-corrected chi connectivity index (χ1v) is 16.0. The number of nitrogens with one attached hydrogen (secondary N) is 1. The average Bonchev–Trinajstić information content (AvgIpc) is 3.00. The van der Waals surface area contributed by atoms with Crippen molar-refractivity contribution in [3.05, 3.63) is 82.3 Å². The van der Waals surface area contributed by atoms with Crippen LogP contribution < -0.4 is 19.1 Å². The second-order valence-electron chi connectivity index (χ2n) is 9.86. The van der Waals surface area contributed by atoms with E-state index in [9.17, 15) is 18.0 Å². The van der Waals surface area contributed by atoms with Crippen LogP contribution in [0.4, 0.5) is 5.69 Å². The zero-order valence-electron chi connectivity index (χ0n) is 24.8. The fraction of sp³-hybridized carbons (Fsp3) is 0.355. The molecule has 0 bridgehead atoms. The Labute approximate surface area is 263 Å². The van der Waals surface area contributed by atoms with Crippen LogP contribution in [0.1, 0.15) is 39.2 Å². The average molecular weight is 651 g/mol. The zero-order valence-corrected chi connectivity index (χ0v) is 27.2. The molecule has 43 heavy (non-hydrogen) atoms. The Kier molecular flexibility index (Phi) is 12.1. The van der Waals surface area contributed by atoms with Crippen LogP contribution in [0.5, 0.6) is 11.5 Å². The molecule has 3 rings (SSSR count). The molecule has 0 radical (unpaired) electrons. The van der Waals surface area contributed by atoms with Gasteiger partial charge in [-0.2, -0.15) is 0 Å². The minimum Gasteiger partial charge on any atom is -0.493 e. The van der Waals surface area contributed by atoms with Crippen molar-refractivity contribution in [1.82, 2.24) is 10.2 Å². The molecule has 2 amide bonds. The van der Waals surface area contributed by atoms with Crippen LogP contribution >= 0.6 is 23.2 Å². The van der Waals surface area contributed by atoms with Gasteiger partial charge in [-0.05, 0) is 67.8 Å². The molecular formula is C31H37Cl2N3O6S. The number of benzene rings is 3. The van der Waals surface area contributed by atoms with Crippen LogP contribution in [0.15, 0.2) is 71.6 Å². The van der Waals surface area contributed by atoms with E-state index in [0.29, 0.717) is 34.2 Å². The molecule has 0 spiro atoms. The molecule has 0 heterocycles. The lowest BCUT2D eigenvalue weighted by Gasteiger charge is -2.34. The van der Waals surface area contributed by atoms with Crippen molar-refractivity contribution < 1.29 is 27.5 Å². The van der Waals surface area contributed by atoms with Crippen molar-refractivity contribution in [2.45, 2.75) is 57.1 Å². The fourth-order valence-corrected chi connectivity index (χ4v) is 6.16. The number of nitrogens with zero attached hydrogens (tertiary/aromatic N) is 2. The molecule has 0 saturated heterocycles. The third kappa shape index (κ3) is 8.34. The van der Waals surface area contributed by atoms with E-state index in [1.54, 1.807) is 31.2 Å². The minimum atomic E-state index is -4.33. The standard InChI is InChI=1S/C31H37Cl2N3O6S/c1-6-21(3)34-31(38)27(7-2)35(19-22-10-8-9-11-26(22)33)30(37)20-36(24-14-12-23(32)13-15-24)43(39,40)25-16-17-28(41-4)29(18-25)42-5/h8-18,21,27H,6-7,19-20H2,1-5H3,(H,34,38)/t21-,27+/m1/s1. The van der Waals surface area contributed by atoms with E-state index in [-0.39, 0.29) is 34.8 Å². The zero-order chi connectivity index (χ0) is 31.7. The summed E-state index contributed by atoms with van der Waals surface area (Å²) in [6.45, 7) is 5.02. The molecule has 0 unspecified atom stereocenters. The van der Waals surface area contributed by atoms with Gasteiger partial charge in [-0.15, -0.1) is 0 Å². The van der Waals surface area contributed by atoms with Crippen LogP contribution in [0.2, 0.25) is 10.0 Å². The van der Waals surface area contributed by atoms with E-state index in [1.807, 2.05) is 13.8 Å². The van der Waals surface area contributed by atoms with Gasteiger partial charge in [0.15, 0.2) is 11.5 Å². The number of carbonyl (C=O) groups excluding carboxylic acids is 2. The van der Waals surface area contributed by atoms with Gasteiger partial charge in [0.05, 0.1) is 24.8 Å². The summed E-state index contributed by atoms with van der Waals surface area (Å²) in [5.74, 6) is -0.373. The Morgan fingerprint density at radius 3 is 2.14 bits per heavy atom. The van der Waals surface area contributed by atoms with Gasteiger partial charge in [0.1, 0.15) is 12.6 Å². The number of ether oxygens (including phenoxy) is 2. The maximum atomic E-state index is 14.2. The van der Waals surface area contributed by atoms with Crippen LogP contribution in [-0.4, -0.2) is 58.0 Å². The van der Waals surface area contributed by atoms with Crippen molar-refractivity contribution in [3.63, 3.8) is 0 Å². The first kappa shape index (κ1) is 34.0. The van der Waals surface area contributed by atoms with E-state index in [0.717, 1.165) is 4.31 Å². The Morgan fingerprint density at radius 2 is 1.56 bits per heavy atom. The van der Waals surface area contributed by atoms with Gasteiger partial charge in [-0.25, -0.2) is 8.42 Å². The van der Waals surface area contributed by atoms with E-state index < -0.39 is 28.5 Å². The number of hydrogen-bond acceptors (Lipinski definition) is 6. The molecule has 3 aromatic carbocycles. The molecule has 1 N–H and O–H groups in total. The van der Waals surface area contributed by atoms with Crippen molar-refractivity contribution in [1.29, 1.82) is 0 Å². The molecule has 3 aromatic rings. The topological polar surface area (TPSA) is 105 Å². The van der Waals surface area contributed by atoms with Crippen LogP contribution in [0.25, 0.3) is 0 Å². The number of sulfonamides is 1. The lowest BCUT2D eigenvalue weighted by atomic mass is 10.1. The summed E-state index contributed by atoms with van der Waals surface area (Å²) in [7, 11) is -1.49. The maximum Gasteiger partial charge on any atom is 0.264 e. The number of hydrogen-bond donors (Lipinski definition) is 1. The molecule has 232 valence electrons. The quantitative estimate of drug-likeness (QED) is 0.232. The smallest absolute Gasteiger partial charge is 0.264 e. The molecular weight excluding hydrogens is 613 g/mol. The van der Waals surface area contributed by atoms with Crippen molar-refractivity contribution >= 4 is 50.7 Å². The first-order chi connectivity index (χ1) is 20.5. The first-order valence-electron chi connectivity index (χ1n) is 13.8. The summed E-state index contributed by atoms with van der Waals surface area (Å²) in [4.78, 5) is 28.9. The fourth-order valence-electron chi connectivity index (χ4n) is 4.41. The van der Waals surface area contributed by atoms with Gasteiger partial charge in [0.25, 0.3) is 10.0 Å². The van der Waals surface area contributed by atoms with Crippen molar-refractivity contribution in [3.8, 4) is 11.5 Å². The van der Waals surface area contributed by atoms with E-state index in [2.05, 4.69) is 5.32 Å². The highest BCUT2D eigenvalue weighted by Gasteiger charge is 2.34. The predicted molar refractivity (Wildman–Crippen MR) is 170 cm³/mol. The van der Waals surface area contributed by atoms with E-state index in [1.165, 1.54) is 61.6 Å². The number of halogens is 2. The summed E-state index contributed by atoms with van der Waals surface area (Å²) in [6.07, 6.45) is 0.996. The van der Waals surface area contributed by atoms with Gasteiger partial charge >= 0.3 is 0 Å². The Hall–Kier alpha value is -3.47. The molecule has 12 heteroatoms. The SMILES string of the molecule is CC[C@@H](C)NC(=O)[C@H](CC)N(Cc1ccccc1Cl)C(=O)CN(c1ccc(Cl)cc1)S(=O)(=O)c1ccc(OC)c(OC)c1. The monoisotopic (exact) mass is 649 g/mol. The van der Waals surface area contributed by atoms with Gasteiger partial charge in [0, 0.05) is 28.7 Å². The number of anilines is 1. The van der Waals surface area contributed by atoms with Gasteiger partial charge < -0.3 is 19.7 Å². The maximum absolute atomic E-state index is 14.2.